The normalized spacial score (nSPS) is 18.1. The van der Waals surface area contributed by atoms with Gasteiger partial charge in [0.2, 0.25) is 0 Å². The van der Waals surface area contributed by atoms with Gasteiger partial charge in [-0.3, -0.25) is 4.79 Å². The lowest BCUT2D eigenvalue weighted by Crippen LogP contribution is -2.36. The molecule has 3 aromatic rings. The van der Waals surface area contributed by atoms with Crippen molar-refractivity contribution in [3.8, 4) is 0 Å². The quantitative estimate of drug-likeness (QED) is 0.535. The van der Waals surface area contributed by atoms with Crippen molar-refractivity contribution in [3.63, 3.8) is 0 Å². The lowest BCUT2D eigenvalue weighted by Gasteiger charge is -2.33. The SMILES string of the molecule is Cc1ccc([C@H]2C[C@@H](C(F)(F)F)n3nc(C(=O)N(C)Cc4ccccc4)c(Cl)c3N2)cc1. The number of aromatic nitrogens is 2. The van der Waals surface area contributed by atoms with Crippen LogP contribution in [-0.4, -0.2) is 33.8 Å². The fourth-order valence-electron chi connectivity index (χ4n) is 3.85. The molecule has 1 aromatic heterocycles. The van der Waals surface area contributed by atoms with Gasteiger partial charge in [-0.15, -0.1) is 0 Å². The van der Waals surface area contributed by atoms with E-state index in [0.717, 1.165) is 15.8 Å². The topological polar surface area (TPSA) is 50.2 Å². The third kappa shape index (κ3) is 4.32. The molecule has 1 amide bonds. The molecule has 0 fully saturated rings. The number of carbonyl (C=O) groups excluding carboxylic acids is 1. The average molecular weight is 463 g/mol. The zero-order valence-corrected chi connectivity index (χ0v) is 18.3. The number of hydrogen-bond donors (Lipinski definition) is 1. The Morgan fingerprint density at radius 2 is 1.84 bits per heavy atom. The minimum Gasteiger partial charge on any atom is -0.362 e. The predicted molar refractivity (Wildman–Crippen MR) is 117 cm³/mol. The lowest BCUT2D eigenvalue weighted by molar-refractivity contribution is -0.173. The highest BCUT2D eigenvalue weighted by Crippen LogP contribution is 2.46. The molecule has 1 N–H and O–H groups in total. The van der Waals surface area contributed by atoms with Gasteiger partial charge in [0.1, 0.15) is 10.8 Å². The van der Waals surface area contributed by atoms with Gasteiger partial charge in [0.05, 0.1) is 6.04 Å². The van der Waals surface area contributed by atoms with E-state index in [1.165, 1.54) is 4.90 Å². The zero-order valence-electron chi connectivity index (χ0n) is 17.5. The van der Waals surface area contributed by atoms with Gasteiger partial charge in [-0.25, -0.2) is 4.68 Å². The van der Waals surface area contributed by atoms with Crippen LogP contribution in [0.3, 0.4) is 0 Å². The van der Waals surface area contributed by atoms with Crippen LogP contribution in [0.15, 0.2) is 54.6 Å². The summed E-state index contributed by atoms with van der Waals surface area (Å²) in [6.07, 6.45) is -4.81. The second-order valence-electron chi connectivity index (χ2n) is 8.00. The summed E-state index contributed by atoms with van der Waals surface area (Å²) in [5.74, 6) is -0.544. The monoisotopic (exact) mass is 462 g/mol. The number of nitrogens with one attached hydrogen (secondary N) is 1. The van der Waals surface area contributed by atoms with Crippen molar-refractivity contribution >= 4 is 23.3 Å². The van der Waals surface area contributed by atoms with Gasteiger partial charge < -0.3 is 10.2 Å². The zero-order chi connectivity index (χ0) is 23.0. The molecule has 0 aliphatic carbocycles. The van der Waals surface area contributed by atoms with Crippen LogP contribution in [0.25, 0.3) is 0 Å². The number of aryl methyl sites for hydroxylation is 1. The van der Waals surface area contributed by atoms with E-state index in [9.17, 15) is 18.0 Å². The molecular weight excluding hydrogens is 441 g/mol. The first-order valence-electron chi connectivity index (χ1n) is 10.1. The highest BCUT2D eigenvalue weighted by molar-refractivity contribution is 6.36. The summed E-state index contributed by atoms with van der Waals surface area (Å²) in [7, 11) is 1.56. The Balaban J connectivity index is 1.67. The van der Waals surface area contributed by atoms with Gasteiger partial charge in [0.25, 0.3) is 5.91 Å². The maximum Gasteiger partial charge on any atom is 0.410 e. The number of carbonyl (C=O) groups is 1. The van der Waals surface area contributed by atoms with Crippen LogP contribution < -0.4 is 5.32 Å². The Morgan fingerprint density at radius 1 is 1.19 bits per heavy atom. The first-order chi connectivity index (χ1) is 15.1. The highest BCUT2D eigenvalue weighted by atomic mass is 35.5. The summed E-state index contributed by atoms with van der Waals surface area (Å²) in [6, 6.07) is 14.0. The summed E-state index contributed by atoms with van der Waals surface area (Å²) in [4.78, 5) is 14.4. The standard InChI is InChI=1S/C23H22ClF3N4O/c1-14-8-10-16(11-9-14)17-12-18(23(25,26)27)31-21(28-17)19(24)20(29-31)22(32)30(2)13-15-6-4-3-5-7-15/h3-11,17-18,28H,12-13H2,1-2H3/t17-,18+/m1/s1. The predicted octanol–water partition coefficient (Wildman–Crippen LogP) is 5.78. The molecule has 2 heterocycles. The number of anilines is 1. The van der Waals surface area contributed by atoms with Crippen molar-refractivity contribution in [2.24, 2.45) is 0 Å². The fourth-order valence-corrected chi connectivity index (χ4v) is 4.11. The summed E-state index contributed by atoms with van der Waals surface area (Å²) in [5.41, 5.74) is 2.40. The van der Waals surface area contributed by atoms with Crippen LogP contribution in [0, 0.1) is 6.92 Å². The minimum atomic E-state index is -4.55. The van der Waals surface area contributed by atoms with E-state index in [0.29, 0.717) is 5.56 Å². The highest BCUT2D eigenvalue weighted by Gasteiger charge is 2.48. The van der Waals surface area contributed by atoms with Crippen molar-refractivity contribution in [3.05, 3.63) is 82.0 Å². The molecule has 0 unspecified atom stereocenters. The van der Waals surface area contributed by atoms with Gasteiger partial charge in [-0.1, -0.05) is 71.8 Å². The second-order valence-corrected chi connectivity index (χ2v) is 8.38. The van der Waals surface area contributed by atoms with E-state index in [1.54, 1.807) is 19.2 Å². The van der Waals surface area contributed by atoms with Gasteiger partial charge in [0.15, 0.2) is 11.7 Å². The van der Waals surface area contributed by atoms with Crippen molar-refractivity contribution in [1.29, 1.82) is 0 Å². The first kappa shape index (κ1) is 22.2. The number of nitrogens with zero attached hydrogens (tertiary/aromatic N) is 3. The van der Waals surface area contributed by atoms with Crippen LogP contribution >= 0.6 is 11.6 Å². The number of benzene rings is 2. The Hall–Kier alpha value is -3.00. The molecule has 5 nitrogen and oxygen atoms in total. The van der Waals surface area contributed by atoms with Crippen molar-refractivity contribution < 1.29 is 18.0 Å². The van der Waals surface area contributed by atoms with Crippen LogP contribution in [0.2, 0.25) is 5.02 Å². The Labute approximate surface area is 188 Å². The maximum absolute atomic E-state index is 13.9. The smallest absolute Gasteiger partial charge is 0.362 e. The molecule has 0 saturated carbocycles. The third-order valence-electron chi connectivity index (χ3n) is 5.59. The van der Waals surface area contributed by atoms with E-state index in [1.807, 2.05) is 49.4 Å². The summed E-state index contributed by atoms with van der Waals surface area (Å²) in [5, 5.41) is 6.97. The Bertz CT molecular complexity index is 1110. The molecule has 0 spiro atoms. The number of rotatable bonds is 4. The molecule has 1 aliphatic heterocycles. The number of fused-ring (bicyclic) bond motifs is 1. The molecule has 168 valence electrons. The largest absolute Gasteiger partial charge is 0.410 e. The maximum atomic E-state index is 13.9. The molecule has 0 saturated heterocycles. The number of hydrogen-bond acceptors (Lipinski definition) is 3. The summed E-state index contributed by atoms with van der Waals surface area (Å²) < 4.78 is 42.6. The molecular formula is C23H22ClF3N4O. The van der Waals surface area contributed by atoms with Crippen LogP contribution in [-0.2, 0) is 6.54 Å². The van der Waals surface area contributed by atoms with Gasteiger partial charge in [-0.05, 0) is 18.1 Å². The number of alkyl halides is 3. The van der Waals surface area contributed by atoms with Crippen LogP contribution in [0.4, 0.5) is 19.0 Å². The first-order valence-corrected chi connectivity index (χ1v) is 10.5. The van der Waals surface area contributed by atoms with Gasteiger partial charge in [-0.2, -0.15) is 18.3 Å². The Kier molecular flexibility index (Phi) is 5.90. The Morgan fingerprint density at radius 3 is 2.47 bits per heavy atom. The lowest BCUT2D eigenvalue weighted by atomic mass is 9.96. The fraction of sp³-hybridized carbons (Fsp3) is 0.304. The van der Waals surface area contributed by atoms with E-state index < -0.39 is 24.2 Å². The van der Waals surface area contributed by atoms with E-state index in [-0.39, 0.29) is 29.5 Å². The van der Waals surface area contributed by atoms with E-state index >= 15 is 0 Å². The summed E-state index contributed by atoms with van der Waals surface area (Å²) >= 11 is 6.42. The molecule has 2 atom stereocenters. The minimum absolute atomic E-state index is 0.00211. The molecule has 4 rings (SSSR count). The van der Waals surface area contributed by atoms with Crippen LogP contribution in [0.1, 0.15) is 45.7 Å². The van der Waals surface area contributed by atoms with Gasteiger partial charge in [0, 0.05) is 20.0 Å². The molecule has 32 heavy (non-hydrogen) atoms. The van der Waals surface area contributed by atoms with Crippen molar-refractivity contribution in [2.45, 2.75) is 38.1 Å². The van der Waals surface area contributed by atoms with Crippen LogP contribution in [0.5, 0.6) is 0 Å². The molecule has 0 bridgehead atoms. The number of amides is 1. The molecule has 1 aliphatic rings. The molecule has 0 radical (unpaired) electrons. The van der Waals surface area contributed by atoms with E-state index in [2.05, 4.69) is 10.4 Å². The number of halogens is 4. The van der Waals surface area contributed by atoms with Gasteiger partial charge >= 0.3 is 6.18 Å². The second kappa shape index (κ2) is 8.50. The molecule has 9 heteroatoms. The molecule has 2 aromatic carbocycles. The summed E-state index contributed by atoms with van der Waals surface area (Å²) in [6.45, 7) is 2.19. The average Bonchev–Trinajstić information content (AvgIpc) is 3.09. The van der Waals surface area contributed by atoms with Crippen molar-refractivity contribution in [1.82, 2.24) is 14.7 Å². The van der Waals surface area contributed by atoms with Crippen molar-refractivity contribution in [2.75, 3.05) is 12.4 Å². The third-order valence-corrected chi connectivity index (χ3v) is 5.95. The van der Waals surface area contributed by atoms with E-state index in [4.69, 9.17) is 11.6 Å².